The Morgan fingerprint density at radius 1 is 0.938 bits per heavy atom. The Bertz CT molecular complexity index is 1180. The second-order valence-corrected chi connectivity index (χ2v) is 9.06. The van der Waals surface area contributed by atoms with Crippen molar-refractivity contribution in [2.24, 2.45) is 0 Å². The van der Waals surface area contributed by atoms with Gasteiger partial charge >= 0.3 is 0 Å². The maximum atomic E-state index is 13.6. The Labute approximate surface area is 188 Å². The van der Waals surface area contributed by atoms with Crippen LogP contribution in [-0.4, -0.2) is 41.9 Å². The van der Waals surface area contributed by atoms with Crippen molar-refractivity contribution in [3.63, 3.8) is 0 Å². The average Bonchev–Trinajstić information content (AvgIpc) is 2.82. The predicted octanol–water partition coefficient (Wildman–Crippen LogP) is 4.05. The van der Waals surface area contributed by atoms with Gasteiger partial charge in [-0.25, -0.2) is 8.42 Å². The number of hydrogen-bond donors (Lipinski definition) is 0. The first kappa shape index (κ1) is 21.8. The van der Waals surface area contributed by atoms with Crippen molar-refractivity contribution in [3.05, 3.63) is 72.3 Å². The highest BCUT2D eigenvalue weighted by Gasteiger charge is 2.27. The molecular weight excluding hydrogens is 430 g/mol. The highest BCUT2D eigenvalue weighted by Crippen LogP contribution is 2.34. The minimum atomic E-state index is -3.89. The molecule has 0 N–H and O–H groups in total. The summed E-state index contributed by atoms with van der Waals surface area (Å²) in [5, 5.41) is 0. The minimum Gasteiger partial charge on any atom is -0.497 e. The number of methoxy groups -OCH3 is 1. The number of rotatable bonds is 8. The molecule has 0 saturated heterocycles. The fraction of sp³-hybridized carbons (Fsp3) is 0.250. The second-order valence-electron chi connectivity index (χ2n) is 7.19. The molecule has 0 aromatic heterocycles. The molecule has 0 radical (unpaired) electrons. The average molecular weight is 456 g/mol. The van der Waals surface area contributed by atoms with Gasteiger partial charge in [0.2, 0.25) is 0 Å². The van der Waals surface area contributed by atoms with Gasteiger partial charge in [-0.15, -0.1) is 0 Å². The van der Waals surface area contributed by atoms with Gasteiger partial charge in [-0.1, -0.05) is 18.2 Å². The van der Waals surface area contributed by atoms with Gasteiger partial charge in [0.25, 0.3) is 10.0 Å². The van der Waals surface area contributed by atoms with Crippen molar-refractivity contribution in [3.8, 4) is 23.0 Å². The topological polar surface area (TPSA) is 74.3 Å². The van der Waals surface area contributed by atoms with Gasteiger partial charge in [-0.05, 0) is 55.0 Å². The summed E-state index contributed by atoms with van der Waals surface area (Å²) >= 11 is 0. The first-order valence-corrected chi connectivity index (χ1v) is 11.7. The third kappa shape index (κ3) is 4.60. The van der Waals surface area contributed by atoms with E-state index in [1.165, 1.54) is 16.4 Å². The van der Waals surface area contributed by atoms with Gasteiger partial charge in [0.1, 0.15) is 31.3 Å². The molecule has 168 valence electrons. The van der Waals surface area contributed by atoms with Crippen LogP contribution >= 0.6 is 0 Å². The van der Waals surface area contributed by atoms with Crippen LogP contribution in [0.3, 0.4) is 0 Å². The van der Waals surface area contributed by atoms with Gasteiger partial charge in [0, 0.05) is 6.07 Å². The summed E-state index contributed by atoms with van der Waals surface area (Å²) in [5.41, 5.74) is 1.49. The number of nitrogens with zero attached hydrogens (tertiary/aromatic N) is 1. The molecule has 7 nitrogen and oxygen atoms in total. The summed E-state index contributed by atoms with van der Waals surface area (Å²) < 4.78 is 50.8. The second kappa shape index (κ2) is 9.40. The molecule has 1 heterocycles. The van der Waals surface area contributed by atoms with Gasteiger partial charge in [-0.3, -0.25) is 4.31 Å². The molecule has 0 unspecified atom stereocenters. The molecule has 3 aromatic rings. The smallest absolute Gasteiger partial charge is 0.264 e. The largest absolute Gasteiger partial charge is 0.497 e. The molecule has 0 saturated carbocycles. The molecule has 0 aliphatic carbocycles. The monoisotopic (exact) mass is 455 g/mol. The quantitative estimate of drug-likeness (QED) is 0.510. The Kier molecular flexibility index (Phi) is 6.41. The summed E-state index contributed by atoms with van der Waals surface area (Å²) in [5.74, 6) is 2.32. The Balaban J connectivity index is 1.63. The summed E-state index contributed by atoms with van der Waals surface area (Å²) in [6.45, 7) is 3.07. The highest BCUT2D eigenvalue weighted by molar-refractivity contribution is 7.92. The van der Waals surface area contributed by atoms with E-state index in [4.69, 9.17) is 18.9 Å². The van der Waals surface area contributed by atoms with Crippen LogP contribution in [0.1, 0.15) is 5.56 Å². The standard InChI is InChI=1S/C24H25NO6S/c1-18-5-3-4-6-22(18)29-14-13-25(19-7-9-20(28-2)10-8-19)32(26,27)21-11-12-23-24(17-21)31-16-15-30-23/h3-12,17H,13-16H2,1-2H3. The molecule has 1 aliphatic rings. The van der Waals surface area contributed by atoms with E-state index in [0.29, 0.717) is 36.1 Å². The maximum absolute atomic E-state index is 13.6. The number of anilines is 1. The lowest BCUT2D eigenvalue weighted by molar-refractivity contribution is 0.171. The van der Waals surface area contributed by atoms with E-state index in [1.54, 1.807) is 37.4 Å². The zero-order valence-corrected chi connectivity index (χ0v) is 18.8. The van der Waals surface area contributed by atoms with Crippen LogP contribution in [0.25, 0.3) is 0 Å². The summed E-state index contributed by atoms with van der Waals surface area (Å²) in [4.78, 5) is 0.119. The van der Waals surface area contributed by atoms with E-state index in [2.05, 4.69) is 0 Å². The Morgan fingerprint density at radius 3 is 2.38 bits per heavy atom. The molecule has 0 spiro atoms. The first-order chi connectivity index (χ1) is 15.5. The lowest BCUT2D eigenvalue weighted by Crippen LogP contribution is -2.35. The molecule has 0 bridgehead atoms. The number of ether oxygens (including phenoxy) is 4. The maximum Gasteiger partial charge on any atom is 0.264 e. The number of benzene rings is 3. The van der Waals surface area contributed by atoms with E-state index < -0.39 is 10.0 Å². The van der Waals surface area contributed by atoms with E-state index in [0.717, 1.165) is 11.3 Å². The van der Waals surface area contributed by atoms with Crippen molar-refractivity contribution in [2.75, 3.05) is 37.8 Å². The summed E-state index contributed by atoms with van der Waals surface area (Å²) in [7, 11) is -2.33. The van der Waals surface area contributed by atoms with Crippen LogP contribution in [0.4, 0.5) is 5.69 Å². The lowest BCUT2D eigenvalue weighted by Gasteiger charge is -2.26. The summed E-state index contributed by atoms with van der Waals surface area (Å²) in [6.07, 6.45) is 0. The van der Waals surface area contributed by atoms with Crippen LogP contribution < -0.4 is 23.3 Å². The molecule has 0 amide bonds. The van der Waals surface area contributed by atoms with Crippen molar-refractivity contribution >= 4 is 15.7 Å². The third-order valence-electron chi connectivity index (χ3n) is 5.11. The molecule has 1 aliphatic heterocycles. The fourth-order valence-electron chi connectivity index (χ4n) is 3.40. The Morgan fingerprint density at radius 2 is 1.66 bits per heavy atom. The molecule has 32 heavy (non-hydrogen) atoms. The molecule has 8 heteroatoms. The molecule has 0 atom stereocenters. The van der Waals surface area contributed by atoms with Crippen LogP contribution in [0.2, 0.25) is 0 Å². The number of sulfonamides is 1. The number of para-hydroxylation sites is 1. The van der Waals surface area contributed by atoms with Crippen molar-refractivity contribution in [2.45, 2.75) is 11.8 Å². The van der Waals surface area contributed by atoms with Gasteiger partial charge in [0.05, 0.1) is 24.2 Å². The minimum absolute atomic E-state index is 0.119. The molecule has 3 aromatic carbocycles. The normalized spacial score (nSPS) is 12.8. The summed E-state index contributed by atoms with van der Waals surface area (Å²) in [6, 6.07) is 19.2. The van der Waals surface area contributed by atoms with E-state index in [1.807, 2.05) is 31.2 Å². The first-order valence-electron chi connectivity index (χ1n) is 10.2. The van der Waals surface area contributed by atoms with Crippen LogP contribution in [-0.2, 0) is 10.0 Å². The molecular formula is C24H25NO6S. The van der Waals surface area contributed by atoms with Crippen LogP contribution in [0.15, 0.2) is 71.6 Å². The lowest BCUT2D eigenvalue weighted by atomic mass is 10.2. The van der Waals surface area contributed by atoms with Crippen molar-refractivity contribution < 1.29 is 27.4 Å². The van der Waals surface area contributed by atoms with Crippen LogP contribution in [0.5, 0.6) is 23.0 Å². The van der Waals surface area contributed by atoms with E-state index in [9.17, 15) is 8.42 Å². The predicted molar refractivity (Wildman–Crippen MR) is 122 cm³/mol. The van der Waals surface area contributed by atoms with Crippen molar-refractivity contribution in [1.82, 2.24) is 0 Å². The third-order valence-corrected chi connectivity index (χ3v) is 6.93. The number of hydrogen-bond acceptors (Lipinski definition) is 6. The zero-order valence-electron chi connectivity index (χ0n) is 18.0. The van der Waals surface area contributed by atoms with Gasteiger partial charge < -0.3 is 18.9 Å². The van der Waals surface area contributed by atoms with Gasteiger partial charge in [-0.2, -0.15) is 0 Å². The van der Waals surface area contributed by atoms with E-state index >= 15 is 0 Å². The van der Waals surface area contributed by atoms with E-state index in [-0.39, 0.29) is 18.0 Å². The zero-order chi connectivity index (χ0) is 22.6. The molecule has 4 rings (SSSR count). The van der Waals surface area contributed by atoms with Crippen molar-refractivity contribution in [1.29, 1.82) is 0 Å². The number of fused-ring (bicyclic) bond motifs is 1. The fourth-order valence-corrected chi connectivity index (χ4v) is 4.87. The highest BCUT2D eigenvalue weighted by atomic mass is 32.2. The number of aryl methyl sites for hydroxylation is 1. The Hall–Kier alpha value is -3.39. The SMILES string of the molecule is COc1ccc(N(CCOc2ccccc2C)S(=O)(=O)c2ccc3c(c2)OCCO3)cc1. The van der Waals surface area contributed by atoms with Gasteiger partial charge in [0.15, 0.2) is 11.5 Å². The molecule has 0 fully saturated rings. The van der Waals surface area contributed by atoms with Crippen LogP contribution in [0, 0.1) is 6.92 Å².